The third-order valence-electron chi connectivity index (χ3n) is 4.92. The van der Waals surface area contributed by atoms with Gasteiger partial charge in [0.15, 0.2) is 17.3 Å². The highest BCUT2D eigenvalue weighted by Crippen LogP contribution is 2.39. The second-order valence-corrected chi connectivity index (χ2v) is 6.95. The molecule has 3 aromatic carbocycles. The van der Waals surface area contributed by atoms with Crippen LogP contribution in [0, 0.1) is 5.82 Å². The fourth-order valence-corrected chi connectivity index (χ4v) is 3.31. The minimum absolute atomic E-state index is 0.0877. The molecule has 33 heavy (non-hydrogen) atoms. The Bertz CT molecular complexity index is 1240. The van der Waals surface area contributed by atoms with Crippen molar-refractivity contribution in [1.29, 1.82) is 0 Å². The molecule has 0 atom stereocenters. The number of Topliss-reactive ketones (excluding diaryl/α,β-unsaturated/α-hetero) is 1. The van der Waals surface area contributed by atoms with Gasteiger partial charge in [-0.15, -0.1) is 0 Å². The number of hydrogen-bond acceptors (Lipinski definition) is 7. The number of hydrogen-bond donors (Lipinski definition) is 0. The van der Waals surface area contributed by atoms with Gasteiger partial charge in [-0.2, -0.15) is 0 Å². The van der Waals surface area contributed by atoms with Crippen molar-refractivity contribution in [3.05, 3.63) is 82.9 Å². The lowest BCUT2D eigenvalue weighted by molar-refractivity contribution is 0.0733. The number of ether oxygens (including phenoxy) is 5. The van der Waals surface area contributed by atoms with Gasteiger partial charge in [-0.05, 0) is 48.0 Å². The van der Waals surface area contributed by atoms with Crippen LogP contribution in [-0.2, 0) is 0 Å². The minimum Gasteiger partial charge on any atom is -0.493 e. The number of fused-ring (bicyclic) bond motifs is 1. The normalized spacial score (nSPS) is 13.3. The van der Waals surface area contributed by atoms with Gasteiger partial charge >= 0.3 is 5.97 Å². The van der Waals surface area contributed by atoms with Crippen molar-refractivity contribution >= 4 is 17.8 Å². The first-order chi connectivity index (χ1) is 15.9. The van der Waals surface area contributed by atoms with E-state index in [1.54, 1.807) is 0 Å². The molecule has 3 aromatic rings. The second-order valence-electron chi connectivity index (χ2n) is 6.95. The summed E-state index contributed by atoms with van der Waals surface area (Å²) in [6.45, 7) is 0. The van der Waals surface area contributed by atoms with E-state index in [-0.39, 0.29) is 34.4 Å². The molecule has 1 aliphatic heterocycles. The number of ketones is 1. The Kier molecular flexibility index (Phi) is 5.99. The molecule has 0 fully saturated rings. The maximum Gasteiger partial charge on any atom is 0.343 e. The van der Waals surface area contributed by atoms with Crippen molar-refractivity contribution in [2.75, 3.05) is 21.3 Å². The van der Waals surface area contributed by atoms with E-state index in [1.807, 2.05) is 0 Å². The van der Waals surface area contributed by atoms with E-state index in [0.717, 1.165) is 0 Å². The number of allylic oxidation sites excluding steroid dienone is 1. The molecule has 0 saturated heterocycles. The van der Waals surface area contributed by atoms with Gasteiger partial charge in [0.05, 0.1) is 32.5 Å². The molecule has 7 nitrogen and oxygen atoms in total. The van der Waals surface area contributed by atoms with Crippen molar-refractivity contribution in [2.24, 2.45) is 0 Å². The molecule has 1 aliphatic rings. The molecule has 0 aromatic heterocycles. The third kappa shape index (κ3) is 4.36. The standard InChI is InChI=1S/C25H19FO7/c1-29-21-11-15(12-22(30-2)24(21)31-3)25(28)32-17-8-9-18-19(13-17)33-20(23(18)27)10-14-4-6-16(26)7-5-14/h4-13H,1-3H3/b20-10-. The number of esters is 1. The van der Waals surface area contributed by atoms with Gasteiger partial charge < -0.3 is 23.7 Å². The van der Waals surface area contributed by atoms with Gasteiger partial charge in [0.25, 0.3) is 0 Å². The number of methoxy groups -OCH3 is 3. The van der Waals surface area contributed by atoms with Gasteiger partial charge in [0.2, 0.25) is 11.5 Å². The molecule has 0 aliphatic carbocycles. The first-order valence-corrected chi connectivity index (χ1v) is 9.79. The Labute approximate surface area is 188 Å². The van der Waals surface area contributed by atoms with Gasteiger partial charge in [0, 0.05) is 6.07 Å². The molecule has 0 radical (unpaired) electrons. The van der Waals surface area contributed by atoms with Crippen molar-refractivity contribution in [2.45, 2.75) is 0 Å². The van der Waals surface area contributed by atoms with Crippen molar-refractivity contribution in [3.63, 3.8) is 0 Å². The van der Waals surface area contributed by atoms with Crippen LogP contribution in [0.3, 0.4) is 0 Å². The highest BCUT2D eigenvalue weighted by Gasteiger charge is 2.28. The van der Waals surface area contributed by atoms with E-state index in [4.69, 9.17) is 23.7 Å². The van der Waals surface area contributed by atoms with Crippen LogP contribution in [0.5, 0.6) is 28.7 Å². The predicted molar refractivity (Wildman–Crippen MR) is 117 cm³/mol. The van der Waals surface area contributed by atoms with Crippen molar-refractivity contribution in [1.82, 2.24) is 0 Å². The summed E-state index contributed by atoms with van der Waals surface area (Å²) in [5.74, 6) is 0.123. The van der Waals surface area contributed by atoms with E-state index in [0.29, 0.717) is 28.4 Å². The molecule has 1 heterocycles. The van der Waals surface area contributed by atoms with Crippen LogP contribution in [0.25, 0.3) is 6.08 Å². The van der Waals surface area contributed by atoms with E-state index in [2.05, 4.69) is 0 Å². The van der Waals surface area contributed by atoms with Crippen LogP contribution >= 0.6 is 0 Å². The SMILES string of the molecule is COc1cc(C(=O)Oc2ccc3c(c2)O/C(=C\c2ccc(F)cc2)C3=O)cc(OC)c1OC. The number of carbonyl (C=O) groups excluding carboxylic acids is 2. The van der Waals surface area contributed by atoms with E-state index in [1.165, 1.54) is 82.0 Å². The monoisotopic (exact) mass is 450 g/mol. The maximum absolute atomic E-state index is 13.1. The maximum atomic E-state index is 13.1. The number of rotatable bonds is 6. The van der Waals surface area contributed by atoms with Crippen LogP contribution in [0.2, 0.25) is 0 Å². The first-order valence-electron chi connectivity index (χ1n) is 9.79. The molecule has 0 unspecified atom stereocenters. The summed E-state index contributed by atoms with van der Waals surface area (Å²) in [7, 11) is 4.35. The molecule has 8 heteroatoms. The fraction of sp³-hybridized carbons (Fsp3) is 0.120. The molecule has 0 amide bonds. The van der Waals surface area contributed by atoms with Crippen LogP contribution in [0.15, 0.2) is 60.4 Å². The minimum atomic E-state index is -0.666. The lowest BCUT2D eigenvalue weighted by atomic mass is 10.1. The second kappa shape index (κ2) is 9.04. The van der Waals surface area contributed by atoms with Gasteiger partial charge in [0.1, 0.15) is 17.3 Å². The first kappa shape index (κ1) is 21.9. The van der Waals surface area contributed by atoms with E-state index < -0.39 is 5.97 Å². The highest BCUT2D eigenvalue weighted by molar-refractivity contribution is 6.14. The van der Waals surface area contributed by atoms with Crippen LogP contribution in [0.1, 0.15) is 26.3 Å². The molecule has 0 bridgehead atoms. The average molecular weight is 450 g/mol. The fourth-order valence-electron chi connectivity index (χ4n) is 3.31. The highest BCUT2D eigenvalue weighted by atomic mass is 19.1. The average Bonchev–Trinajstić information content (AvgIpc) is 3.13. The van der Waals surface area contributed by atoms with Crippen molar-refractivity contribution < 1.29 is 37.7 Å². The van der Waals surface area contributed by atoms with Crippen molar-refractivity contribution in [3.8, 4) is 28.7 Å². The lowest BCUT2D eigenvalue weighted by Gasteiger charge is -2.13. The quantitative estimate of drug-likeness (QED) is 0.306. The summed E-state index contributed by atoms with van der Waals surface area (Å²) < 4.78 is 40.0. The summed E-state index contributed by atoms with van der Waals surface area (Å²) >= 11 is 0. The molecule has 0 spiro atoms. The van der Waals surface area contributed by atoms with Gasteiger partial charge in [-0.3, -0.25) is 4.79 Å². The smallest absolute Gasteiger partial charge is 0.343 e. The van der Waals surface area contributed by atoms with Gasteiger partial charge in [-0.25, -0.2) is 9.18 Å². The molecular weight excluding hydrogens is 431 g/mol. The molecular formula is C25H19FO7. The third-order valence-corrected chi connectivity index (χ3v) is 4.92. The Hall–Kier alpha value is -4.33. The summed E-state index contributed by atoms with van der Waals surface area (Å²) in [5, 5.41) is 0. The zero-order valence-corrected chi connectivity index (χ0v) is 18.0. The topological polar surface area (TPSA) is 80.3 Å². The Morgan fingerprint density at radius 2 is 1.58 bits per heavy atom. The Morgan fingerprint density at radius 1 is 0.909 bits per heavy atom. The van der Waals surface area contributed by atoms with E-state index in [9.17, 15) is 14.0 Å². The largest absolute Gasteiger partial charge is 0.493 e. The molecule has 0 N–H and O–H groups in total. The number of benzene rings is 3. The molecule has 168 valence electrons. The zero-order valence-electron chi connectivity index (χ0n) is 18.0. The van der Waals surface area contributed by atoms with E-state index >= 15 is 0 Å². The summed E-state index contributed by atoms with van der Waals surface area (Å²) in [4.78, 5) is 25.3. The lowest BCUT2D eigenvalue weighted by Crippen LogP contribution is -2.09. The zero-order chi connectivity index (χ0) is 23.5. The Morgan fingerprint density at radius 3 is 2.18 bits per heavy atom. The predicted octanol–water partition coefficient (Wildman–Crippen LogP) is 4.69. The van der Waals surface area contributed by atoms with Crippen LogP contribution in [0.4, 0.5) is 4.39 Å². The summed E-state index contributed by atoms with van der Waals surface area (Å²) in [6, 6.07) is 13.1. The summed E-state index contributed by atoms with van der Waals surface area (Å²) in [5.41, 5.74) is 1.12. The number of halogens is 1. The Balaban J connectivity index is 1.56. The van der Waals surface area contributed by atoms with Gasteiger partial charge in [-0.1, -0.05) is 12.1 Å². The van der Waals surface area contributed by atoms with Crippen LogP contribution < -0.4 is 23.7 Å². The number of carbonyl (C=O) groups is 2. The molecule has 4 rings (SSSR count). The molecule has 0 saturated carbocycles. The summed E-state index contributed by atoms with van der Waals surface area (Å²) in [6.07, 6.45) is 1.52. The van der Waals surface area contributed by atoms with Crippen LogP contribution in [-0.4, -0.2) is 33.1 Å².